The number of amides is 2. The van der Waals surface area contributed by atoms with Crippen LogP contribution >= 0.6 is 11.3 Å². The van der Waals surface area contributed by atoms with Gasteiger partial charge in [-0.3, -0.25) is 10.4 Å². The molecule has 0 fully saturated rings. The summed E-state index contributed by atoms with van der Waals surface area (Å²) in [5, 5.41) is 14.1. The molecule has 0 saturated carbocycles. The van der Waals surface area contributed by atoms with E-state index in [4.69, 9.17) is 0 Å². The van der Waals surface area contributed by atoms with Gasteiger partial charge in [-0.25, -0.2) is 14.8 Å². The van der Waals surface area contributed by atoms with Gasteiger partial charge in [0.2, 0.25) is 0 Å². The van der Waals surface area contributed by atoms with Crippen molar-refractivity contribution in [2.24, 2.45) is 5.92 Å². The molecule has 0 atom stereocenters. The summed E-state index contributed by atoms with van der Waals surface area (Å²) in [4.78, 5) is 20.5. The molecule has 0 aliphatic rings. The van der Waals surface area contributed by atoms with E-state index in [-0.39, 0.29) is 12.6 Å². The van der Waals surface area contributed by atoms with Gasteiger partial charge in [0.25, 0.3) is 0 Å². The average molecular weight is 308 g/mol. The zero-order valence-corrected chi connectivity index (χ0v) is 13.5. The first-order valence-corrected chi connectivity index (χ1v) is 7.64. The Balaban J connectivity index is 1.93. The van der Waals surface area contributed by atoms with Gasteiger partial charge in [0.05, 0.1) is 17.2 Å². The van der Waals surface area contributed by atoms with Crippen LogP contribution in [0.3, 0.4) is 0 Å². The minimum Gasteiger partial charge on any atom is -0.330 e. The summed E-state index contributed by atoms with van der Waals surface area (Å²) in [6, 6.07) is -0.272. The Morgan fingerprint density at radius 1 is 1.33 bits per heavy atom. The first-order chi connectivity index (χ1) is 9.94. The van der Waals surface area contributed by atoms with Crippen LogP contribution < -0.4 is 10.6 Å². The van der Waals surface area contributed by atoms with Gasteiger partial charge in [-0.2, -0.15) is 5.10 Å². The van der Waals surface area contributed by atoms with E-state index in [0.717, 1.165) is 27.9 Å². The third-order valence-electron chi connectivity index (χ3n) is 2.68. The van der Waals surface area contributed by atoms with E-state index in [1.165, 1.54) is 11.3 Å². The lowest BCUT2D eigenvalue weighted by Crippen LogP contribution is -2.28. The number of carbonyl (C=O) groups excluding carboxylic acids is 1. The highest BCUT2D eigenvalue weighted by atomic mass is 32.1. The Morgan fingerprint density at radius 3 is 2.71 bits per heavy atom. The summed E-state index contributed by atoms with van der Waals surface area (Å²) in [5.74, 6) is 1.78. The third kappa shape index (κ3) is 4.52. The second kappa shape index (κ2) is 6.66. The van der Waals surface area contributed by atoms with Crippen LogP contribution in [0, 0.1) is 19.8 Å². The minimum atomic E-state index is -0.272. The molecule has 2 amide bonds. The number of aromatic nitrogens is 4. The van der Waals surface area contributed by atoms with Crippen molar-refractivity contribution in [3.8, 4) is 0 Å². The van der Waals surface area contributed by atoms with Crippen LogP contribution in [0.5, 0.6) is 0 Å². The summed E-state index contributed by atoms with van der Waals surface area (Å²) in [5.41, 5.74) is 0.941. The number of aryl methyl sites for hydroxylation is 2. The van der Waals surface area contributed by atoms with E-state index in [1.807, 2.05) is 13.8 Å². The largest absolute Gasteiger partial charge is 0.330 e. The van der Waals surface area contributed by atoms with Crippen LogP contribution in [0.25, 0.3) is 0 Å². The number of anilines is 1. The normalized spacial score (nSPS) is 10.9. The number of nitrogens with zero attached hydrogens (tertiary/aromatic N) is 3. The van der Waals surface area contributed by atoms with Crippen molar-refractivity contribution >= 4 is 22.4 Å². The second-order valence-corrected chi connectivity index (χ2v) is 6.45. The van der Waals surface area contributed by atoms with Gasteiger partial charge in [-0.05, 0) is 26.2 Å². The van der Waals surface area contributed by atoms with E-state index in [9.17, 15) is 4.79 Å². The number of hydrogen-bond acceptors (Lipinski definition) is 5. The number of urea groups is 1. The van der Waals surface area contributed by atoms with Crippen molar-refractivity contribution < 1.29 is 4.79 Å². The topological polar surface area (TPSA) is 95.6 Å². The zero-order valence-electron chi connectivity index (χ0n) is 12.6. The fraction of sp³-hybridized carbons (Fsp3) is 0.538. The molecular weight excluding hydrogens is 288 g/mol. The molecule has 8 heteroatoms. The molecule has 2 heterocycles. The van der Waals surface area contributed by atoms with Gasteiger partial charge in [-0.1, -0.05) is 13.8 Å². The summed E-state index contributed by atoms with van der Waals surface area (Å²) >= 11 is 1.49. The summed E-state index contributed by atoms with van der Waals surface area (Å²) in [6.07, 6.45) is 0.847. The molecule has 2 rings (SSSR count). The molecule has 2 aromatic heterocycles. The van der Waals surface area contributed by atoms with Crippen LogP contribution in [0.15, 0.2) is 0 Å². The molecule has 0 aromatic carbocycles. The summed E-state index contributed by atoms with van der Waals surface area (Å²) in [7, 11) is 0. The van der Waals surface area contributed by atoms with Crippen LogP contribution in [0.4, 0.5) is 9.80 Å². The molecule has 0 bridgehead atoms. The monoisotopic (exact) mass is 308 g/mol. The summed E-state index contributed by atoms with van der Waals surface area (Å²) in [6.45, 7) is 8.30. The smallest absolute Gasteiger partial charge is 0.320 e. The Bertz CT molecular complexity index is 618. The number of hydrogen-bond donors (Lipinski definition) is 3. The van der Waals surface area contributed by atoms with E-state index in [1.54, 1.807) is 0 Å². The standard InChI is InChI=1S/C13H20N6OS/c1-7(2)5-10-12(21-9(4)16-10)17-13(20)14-6-11-15-8(3)18-19-11/h7H,5-6H2,1-4H3,(H2,14,17,20)(H,15,18,19). The molecule has 0 aliphatic carbocycles. The molecule has 114 valence electrons. The lowest BCUT2D eigenvalue weighted by atomic mass is 10.1. The lowest BCUT2D eigenvalue weighted by Gasteiger charge is -2.07. The third-order valence-corrected chi connectivity index (χ3v) is 3.61. The Kier molecular flexibility index (Phi) is 4.89. The van der Waals surface area contributed by atoms with Crippen LogP contribution in [0.1, 0.15) is 36.2 Å². The first-order valence-electron chi connectivity index (χ1n) is 6.83. The Labute approximate surface area is 127 Å². The number of aromatic amines is 1. The predicted molar refractivity (Wildman–Crippen MR) is 82.4 cm³/mol. The fourth-order valence-electron chi connectivity index (χ4n) is 1.87. The van der Waals surface area contributed by atoms with Gasteiger partial charge >= 0.3 is 6.03 Å². The predicted octanol–water partition coefficient (Wildman–Crippen LogP) is 2.40. The van der Waals surface area contributed by atoms with Crippen LogP contribution in [-0.4, -0.2) is 26.2 Å². The molecule has 3 N–H and O–H groups in total. The van der Waals surface area contributed by atoms with Crippen molar-refractivity contribution in [2.75, 3.05) is 5.32 Å². The van der Waals surface area contributed by atoms with Crippen molar-refractivity contribution in [1.29, 1.82) is 0 Å². The number of carbonyl (C=O) groups is 1. The quantitative estimate of drug-likeness (QED) is 0.790. The van der Waals surface area contributed by atoms with E-state index < -0.39 is 0 Å². The summed E-state index contributed by atoms with van der Waals surface area (Å²) < 4.78 is 0. The molecular formula is C13H20N6OS. The lowest BCUT2D eigenvalue weighted by molar-refractivity contribution is 0.251. The molecule has 7 nitrogen and oxygen atoms in total. The molecule has 0 saturated heterocycles. The highest BCUT2D eigenvalue weighted by Crippen LogP contribution is 2.26. The molecule has 2 aromatic rings. The number of rotatable bonds is 5. The van der Waals surface area contributed by atoms with Crippen LogP contribution in [-0.2, 0) is 13.0 Å². The van der Waals surface area contributed by atoms with Gasteiger partial charge in [-0.15, -0.1) is 11.3 Å². The van der Waals surface area contributed by atoms with Gasteiger partial charge < -0.3 is 5.32 Å². The molecule has 21 heavy (non-hydrogen) atoms. The number of H-pyrrole nitrogens is 1. The zero-order chi connectivity index (χ0) is 15.4. The van der Waals surface area contributed by atoms with Crippen molar-refractivity contribution in [1.82, 2.24) is 25.5 Å². The van der Waals surface area contributed by atoms with Gasteiger partial charge in [0, 0.05) is 0 Å². The molecule has 0 spiro atoms. The minimum absolute atomic E-state index is 0.272. The van der Waals surface area contributed by atoms with Gasteiger partial charge in [0.1, 0.15) is 10.8 Å². The van der Waals surface area contributed by atoms with Crippen LogP contribution in [0.2, 0.25) is 0 Å². The Hall–Kier alpha value is -1.96. The van der Waals surface area contributed by atoms with E-state index >= 15 is 0 Å². The van der Waals surface area contributed by atoms with E-state index in [0.29, 0.717) is 11.7 Å². The highest BCUT2D eigenvalue weighted by Gasteiger charge is 2.13. The maximum Gasteiger partial charge on any atom is 0.320 e. The average Bonchev–Trinajstić information content (AvgIpc) is 2.93. The molecule has 0 radical (unpaired) electrons. The molecule has 0 unspecified atom stereocenters. The number of nitrogens with one attached hydrogen (secondary N) is 3. The maximum atomic E-state index is 11.9. The highest BCUT2D eigenvalue weighted by molar-refractivity contribution is 7.16. The second-order valence-electron chi connectivity index (χ2n) is 5.25. The molecule has 0 aliphatic heterocycles. The SMILES string of the molecule is Cc1nc(CNC(=O)Nc2sc(C)nc2CC(C)C)n[nH]1. The maximum absolute atomic E-state index is 11.9. The first kappa shape index (κ1) is 15.4. The van der Waals surface area contributed by atoms with Crippen molar-refractivity contribution in [3.63, 3.8) is 0 Å². The van der Waals surface area contributed by atoms with Gasteiger partial charge in [0.15, 0.2) is 5.82 Å². The van der Waals surface area contributed by atoms with E-state index in [2.05, 4.69) is 44.6 Å². The van der Waals surface area contributed by atoms with Crippen molar-refractivity contribution in [2.45, 2.75) is 40.7 Å². The fourth-order valence-corrected chi connectivity index (χ4v) is 2.71. The Morgan fingerprint density at radius 2 is 2.10 bits per heavy atom. The van der Waals surface area contributed by atoms with Crippen molar-refractivity contribution in [3.05, 3.63) is 22.4 Å². The number of thiazole rings is 1.